The van der Waals surface area contributed by atoms with E-state index in [2.05, 4.69) is 5.16 Å². The molecule has 0 bridgehead atoms. The second kappa shape index (κ2) is 9.28. The van der Waals surface area contributed by atoms with Gasteiger partial charge in [-0.1, -0.05) is 49.3 Å². The van der Waals surface area contributed by atoms with E-state index >= 15 is 0 Å². The van der Waals surface area contributed by atoms with E-state index in [-0.39, 0.29) is 29.8 Å². The molecule has 1 fully saturated rings. The van der Waals surface area contributed by atoms with Gasteiger partial charge in [0, 0.05) is 50.1 Å². The van der Waals surface area contributed by atoms with Crippen LogP contribution in [0.1, 0.15) is 39.4 Å². The van der Waals surface area contributed by atoms with Crippen LogP contribution in [-0.2, 0) is 16.0 Å². The van der Waals surface area contributed by atoms with Crippen molar-refractivity contribution in [2.24, 2.45) is 11.1 Å². The first-order valence-electron chi connectivity index (χ1n) is 9.96. The molecule has 0 aliphatic heterocycles. The van der Waals surface area contributed by atoms with Crippen molar-refractivity contribution in [2.75, 3.05) is 20.2 Å². The molecule has 7 heteroatoms. The lowest BCUT2D eigenvalue weighted by atomic mass is 9.54. The summed E-state index contributed by atoms with van der Waals surface area (Å²) in [4.78, 5) is 14.7. The highest BCUT2D eigenvalue weighted by molar-refractivity contribution is 5.88. The molecule has 2 unspecified atom stereocenters. The van der Waals surface area contributed by atoms with E-state index in [4.69, 9.17) is 15.0 Å². The predicted octanol–water partition coefficient (Wildman–Crippen LogP) is 3.69. The van der Waals surface area contributed by atoms with Gasteiger partial charge in [0.15, 0.2) is 0 Å². The highest BCUT2D eigenvalue weighted by Crippen LogP contribution is 2.50. The van der Waals surface area contributed by atoms with E-state index in [9.17, 15) is 4.79 Å². The number of halogens is 1. The molecule has 160 valence electrons. The lowest BCUT2D eigenvalue weighted by Gasteiger charge is -2.58. The largest absolute Gasteiger partial charge is 0.378 e. The second-order valence-electron chi connectivity index (χ2n) is 8.22. The molecule has 2 N–H and O–H groups in total. The van der Waals surface area contributed by atoms with Gasteiger partial charge in [-0.25, -0.2) is 0 Å². The smallest absolute Gasteiger partial charge is 0.243 e. The Bertz CT molecular complexity index is 809. The zero-order valence-electron chi connectivity index (χ0n) is 17.7. The first-order valence-corrected chi connectivity index (χ1v) is 9.96. The van der Waals surface area contributed by atoms with Crippen LogP contribution in [0, 0.1) is 5.41 Å². The molecule has 1 amide bonds. The van der Waals surface area contributed by atoms with Crippen molar-refractivity contribution in [3.8, 4) is 11.3 Å². The number of nitrogens with two attached hydrogens (primary N) is 1. The van der Waals surface area contributed by atoms with Gasteiger partial charge < -0.3 is 19.9 Å². The lowest BCUT2D eigenvalue weighted by Crippen LogP contribution is -2.75. The summed E-state index contributed by atoms with van der Waals surface area (Å²) < 4.78 is 11.2. The number of rotatable bonds is 8. The minimum atomic E-state index is -0.867. The van der Waals surface area contributed by atoms with Gasteiger partial charge in [0.1, 0.15) is 17.0 Å². The van der Waals surface area contributed by atoms with Gasteiger partial charge in [-0.05, 0) is 13.3 Å². The number of nitrogens with zero attached hydrogens (tertiary/aromatic N) is 2. The zero-order chi connectivity index (χ0) is 20.4. The minimum absolute atomic E-state index is 0. The van der Waals surface area contributed by atoms with Crippen LogP contribution in [0.15, 0.2) is 40.9 Å². The van der Waals surface area contributed by atoms with E-state index < -0.39 is 5.54 Å². The Labute approximate surface area is 179 Å². The van der Waals surface area contributed by atoms with E-state index in [0.29, 0.717) is 19.6 Å². The van der Waals surface area contributed by atoms with Gasteiger partial charge in [0.2, 0.25) is 5.91 Å². The SMILES string of the molecule is CCOC1CC(N)(C(=O)N(C)CCCc2cc(-c3ccccc3)no2)C1(C)C.Cl. The molecule has 29 heavy (non-hydrogen) atoms. The fraction of sp³-hybridized carbons (Fsp3) is 0.545. The number of hydrogen-bond donors (Lipinski definition) is 1. The minimum Gasteiger partial charge on any atom is -0.378 e. The van der Waals surface area contributed by atoms with Crippen molar-refractivity contribution in [3.63, 3.8) is 0 Å². The van der Waals surface area contributed by atoms with Crippen LogP contribution in [-0.4, -0.2) is 47.8 Å². The predicted molar refractivity (Wildman–Crippen MR) is 116 cm³/mol. The van der Waals surface area contributed by atoms with Crippen LogP contribution < -0.4 is 5.73 Å². The number of likely N-dealkylation sites (N-methyl/N-ethyl adjacent to an activating group) is 1. The van der Waals surface area contributed by atoms with Gasteiger partial charge in [-0.2, -0.15) is 0 Å². The Morgan fingerprint density at radius 2 is 2.03 bits per heavy atom. The highest BCUT2D eigenvalue weighted by Gasteiger charge is 2.63. The number of amides is 1. The summed E-state index contributed by atoms with van der Waals surface area (Å²) in [5.74, 6) is 0.804. The van der Waals surface area contributed by atoms with Crippen LogP contribution in [0.5, 0.6) is 0 Å². The summed E-state index contributed by atoms with van der Waals surface area (Å²) in [5, 5.41) is 4.14. The third-order valence-corrected chi connectivity index (χ3v) is 6.10. The van der Waals surface area contributed by atoms with Crippen molar-refractivity contribution in [3.05, 3.63) is 42.2 Å². The van der Waals surface area contributed by atoms with Gasteiger partial charge in [0.05, 0.1) is 6.10 Å². The van der Waals surface area contributed by atoms with Crippen molar-refractivity contribution in [1.82, 2.24) is 10.1 Å². The van der Waals surface area contributed by atoms with Gasteiger partial charge in [-0.15, -0.1) is 12.4 Å². The van der Waals surface area contributed by atoms with Crippen LogP contribution in [0.25, 0.3) is 11.3 Å². The number of carbonyl (C=O) groups is 1. The van der Waals surface area contributed by atoms with Crippen LogP contribution in [0.3, 0.4) is 0 Å². The molecular weight excluding hydrogens is 390 g/mol. The maximum absolute atomic E-state index is 13.0. The number of ether oxygens (including phenoxy) is 1. The van der Waals surface area contributed by atoms with Gasteiger partial charge in [0.25, 0.3) is 0 Å². The number of aromatic nitrogens is 1. The molecule has 3 rings (SSSR count). The van der Waals surface area contributed by atoms with Crippen molar-refractivity contribution < 1.29 is 14.1 Å². The summed E-state index contributed by atoms with van der Waals surface area (Å²) in [6, 6.07) is 11.9. The Balaban J connectivity index is 0.00000300. The topological polar surface area (TPSA) is 81.6 Å². The van der Waals surface area contributed by atoms with Crippen LogP contribution in [0.4, 0.5) is 0 Å². The molecule has 0 radical (unpaired) electrons. The molecule has 1 aliphatic carbocycles. The summed E-state index contributed by atoms with van der Waals surface area (Å²) in [5.41, 5.74) is 7.12. The van der Waals surface area contributed by atoms with Crippen molar-refractivity contribution >= 4 is 18.3 Å². The fourth-order valence-corrected chi connectivity index (χ4v) is 3.91. The maximum atomic E-state index is 13.0. The van der Waals surface area contributed by atoms with E-state index in [0.717, 1.165) is 29.9 Å². The third-order valence-electron chi connectivity index (χ3n) is 6.10. The summed E-state index contributed by atoms with van der Waals surface area (Å²) in [6.45, 7) is 7.25. The van der Waals surface area contributed by atoms with Gasteiger partial charge >= 0.3 is 0 Å². The van der Waals surface area contributed by atoms with E-state index in [1.165, 1.54) is 0 Å². The number of aryl methyl sites for hydroxylation is 1. The first kappa shape index (κ1) is 23.4. The zero-order valence-corrected chi connectivity index (χ0v) is 18.5. The molecule has 0 spiro atoms. The fourth-order valence-electron chi connectivity index (χ4n) is 3.91. The van der Waals surface area contributed by atoms with Crippen molar-refractivity contribution in [2.45, 2.75) is 51.7 Å². The normalized spacial score (nSPS) is 22.4. The van der Waals surface area contributed by atoms with E-state index in [1.54, 1.807) is 4.90 Å². The molecular formula is C22H32ClN3O3. The van der Waals surface area contributed by atoms with Crippen molar-refractivity contribution in [1.29, 1.82) is 0 Å². The molecule has 2 atom stereocenters. The monoisotopic (exact) mass is 421 g/mol. The Morgan fingerprint density at radius 1 is 1.34 bits per heavy atom. The Morgan fingerprint density at radius 3 is 2.66 bits per heavy atom. The molecule has 1 aliphatic rings. The molecule has 1 aromatic heterocycles. The molecule has 1 saturated carbocycles. The number of benzene rings is 1. The van der Waals surface area contributed by atoms with E-state index in [1.807, 2.05) is 64.2 Å². The lowest BCUT2D eigenvalue weighted by molar-refractivity contribution is -0.178. The average molecular weight is 422 g/mol. The standard InChI is InChI=1S/C22H31N3O3.ClH/c1-5-27-19-15-22(23,21(19,2)3)20(26)25(4)13-9-12-17-14-18(24-28-17)16-10-7-6-8-11-16;/h6-8,10-11,14,19H,5,9,12-13,15,23H2,1-4H3;1H. The summed E-state index contributed by atoms with van der Waals surface area (Å²) in [7, 11) is 1.82. The summed E-state index contributed by atoms with van der Waals surface area (Å²) >= 11 is 0. The number of hydrogen-bond acceptors (Lipinski definition) is 5. The molecule has 1 aromatic carbocycles. The Hall–Kier alpha value is -1.89. The highest BCUT2D eigenvalue weighted by atomic mass is 35.5. The molecule has 2 aromatic rings. The average Bonchev–Trinajstić information content (AvgIpc) is 3.16. The quantitative estimate of drug-likeness (QED) is 0.702. The molecule has 6 nitrogen and oxygen atoms in total. The Kier molecular flexibility index (Phi) is 7.49. The molecule has 1 heterocycles. The molecule has 0 saturated heterocycles. The second-order valence-corrected chi connectivity index (χ2v) is 8.22. The number of carbonyl (C=O) groups excluding carboxylic acids is 1. The van der Waals surface area contributed by atoms with Crippen LogP contribution >= 0.6 is 12.4 Å². The summed E-state index contributed by atoms with van der Waals surface area (Å²) in [6.07, 6.45) is 2.11. The van der Waals surface area contributed by atoms with Gasteiger partial charge in [-0.3, -0.25) is 4.79 Å². The van der Waals surface area contributed by atoms with Crippen LogP contribution in [0.2, 0.25) is 0 Å². The maximum Gasteiger partial charge on any atom is 0.243 e. The first-order chi connectivity index (χ1) is 13.3. The third kappa shape index (κ3) is 4.49.